The summed E-state index contributed by atoms with van der Waals surface area (Å²) < 4.78 is 5.13. The smallest absolute Gasteiger partial charge is 0.226 e. The molecule has 0 spiro atoms. The Balaban J connectivity index is 1.84. The lowest BCUT2D eigenvalue weighted by molar-refractivity contribution is -0.130. The molecule has 1 amide bonds. The number of aromatic nitrogens is 2. The Morgan fingerprint density at radius 1 is 1.45 bits per heavy atom. The first-order valence-electron chi connectivity index (χ1n) is 6.97. The summed E-state index contributed by atoms with van der Waals surface area (Å²) in [5.74, 6) is 1.91. The summed E-state index contributed by atoms with van der Waals surface area (Å²) in [5.41, 5.74) is 0.880. The molecule has 1 aliphatic heterocycles. The topological polar surface area (TPSA) is 67.3 Å². The van der Waals surface area contributed by atoms with Gasteiger partial charge in [0.05, 0.1) is 7.11 Å². The minimum absolute atomic E-state index is 0.170. The van der Waals surface area contributed by atoms with E-state index in [9.17, 15) is 4.79 Å². The Kier molecular flexibility index (Phi) is 4.76. The summed E-state index contributed by atoms with van der Waals surface area (Å²) in [4.78, 5) is 21.8. The van der Waals surface area contributed by atoms with Crippen LogP contribution < -0.4 is 10.1 Å². The number of nitrogens with zero attached hydrogens (tertiary/aromatic N) is 3. The number of likely N-dealkylation sites (tertiary alicyclic amines) is 1. The SMILES string of the molecule is COc1cc(C)nc(NCC2CCN(C(C)=O)CC2)n1. The lowest BCUT2D eigenvalue weighted by atomic mass is 9.97. The van der Waals surface area contributed by atoms with Crippen molar-refractivity contribution in [2.24, 2.45) is 5.92 Å². The van der Waals surface area contributed by atoms with Crippen LogP contribution in [0.4, 0.5) is 5.95 Å². The molecule has 2 rings (SSSR count). The minimum atomic E-state index is 0.170. The van der Waals surface area contributed by atoms with Crippen LogP contribution >= 0.6 is 0 Å². The molecular weight excluding hydrogens is 256 g/mol. The molecule has 1 aromatic heterocycles. The Morgan fingerprint density at radius 3 is 2.75 bits per heavy atom. The number of rotatable bonds is 4. The van der Waals surface area contributed by atoms with E-state index in [-0.39, 0.29) is 5.91 Å². The maximum Gasteiger partial charge on any atom is 0.226 e. The number of nitrogens with one attached hydrogen (secondary N) is 1. The molecule has 1 saturated heterocycles. The van der Waals surface area contributed by atoms with Crippen molar-refractivity contribution < 1.29 is 9.53 Å². The Hall–Kier alpha value is -1.85. The van der Waals surface area contributed by atoms with Crippen LogP contribution in [0.2, 0.25) is 0 Å². The molecule has 20 heavy (non-hydrogen) atoms. The largest absolute Gasteiger partial charge is 0.481 e. The van der Waals surface area contributed by atoms with Gasteiger partial charge in [-0.15, -0.1) is 0 Å². The summed E-state index contributed by atoms with van der Waals surface area (Å²) in [7, 11) is 1.60. The molecule has 6 heteroatoms. The lowest BCUT2D eigenvalue weighted by Crippen LogP contribution is -2.38. The van der Waals surface area contributed by atoms with Crippen molar-refractivity contribution in [3.63, 3.8) is 0 Å². The first-order valence-corrected chi connectivity index (χ1v) is 6.97. The second kappa shape index (κ2) is 6.54. The third-order valence-corrected chi connectivity index (χ3v) is 3.65. The molecule has 1 fully saturated rings. The molecule has 1 aliphatic rings. The van der Waals surface area contributed by atoms with E-state index >= 15 is 0 Å². The normalized spacial score (nSPS) is 16.1. The summed E-state index contributed by atoms with van der Waals surface area (Å²) in [5, 5.41) is 3.27. The van der Waals surface area contributed by atoms with Gasteiger partial charge in [0, 0.05) is 38.3 Å². The van der Waals surface area contributed by atoms with Crippen molar-refractivity contribution in [3.05, 3.63) is 11.8 Å². The van der Waals surface area contributed by atoms with Gasteiger partial charge in [-0.2, -0.15) is 4.98 Å². The monoisotopic (exact) mass is 278 g/mol. The van der Waals surface area contributed by atoms with Crippen molar-refractivity contribution in [1.82, 2.24) is 14.9 Å². The van der Waals surface area contributed by atoms with Crippen molar-refractivity contribution in [2.75, 3.05) is 32.1 Å². The molecule has 2 heterocycles. The van der Waals surface area contributed by atoms with Crippen LogP contribution in [0.5, 0.6) is 5.88 Å². The van der Waals surface area contributed by atoms with Gasteiger partial charge < -0.3 is 15.0 Å². The van der Waals surface area contributed by atoms with Crippen LogP contribution in [0.15, 0.2) is 6.07 Å². The number of ether oxygens (including phenoxy) is 1. The number of hydrogen-bond donors (Lipinski definition) is 1. The maximum atomic E-state index is 11.3. The molecule has 1 aromatic rings. The highest BCUT2D eigenvalue weighted by Crippen LogP contribution is 2.18. The van der Waals surface area contributed by atoms with Crippen molar-refractivity contribution in [3.8, 4) is 5.88 Å². The first-order chi connectivity index (χ1) is 9.58. The van der Waals surface area contributed by atoms with Gasteiger partial charge in [-0.1, -0.05) is 0 Å². The second-order valence-electron chi connectivity index (χ2n) is 5.21. The molecule has 6 nitrogen and oxygen atoms in total. The van der Waals surface area contributed by atoms with E-state index < -0.39 is 0 Å². The fraction of sp³-hybridized carbons (Fsp3) is 0.643. The van der Waals surface area contributed by atoms with Gasteiger partial charge in [-0.3, -0.25) is 4.79 Å². The predicted molar refractivity (Wildman–Crippen MR) is 76.8 cm³/mol. The number of hydrogen-bond acceptors (Lipinski definition) is 5. The highest BCUT2D eigenvalue weighted by atomic mass is 16.5. The lowest BCUT2D eigenvalue weighted by Gasteiger charge is -2.31. The van der Waals surface area contributed by atoms with Crippen LogP contribution in [-0.4, -0.2) is 47.5 Å². The van der Waals surface area contributed by atoms with Gasteiger partial charge in [0.25, 0.3) is 0 Å². The van der Waals surface area contributed by atoms with E-state index in [1.807, 2.05) is 11.8 Å². The Bertz CT molecular complexity index is 470. The zero-order valence-corrected chi connectivity index (χ0v) is 12.3. The van der Waals surface area contributed by atoms with Gasteiger partial charge in [0.1, 0.15) is 0 Å². The van der Waals surface area contributed by atoms with Crippen molar-refractivity contribution in [1.29, 1.82) is 0 Å². The number of anilines is 1. The van der Waals surface area contributed by atoms with E-state index in [0.717, 1.165) is 38.2 Å². The maximum absolute atomic E-state index is 11.3. The van der Waals surface area contributed by atoms with Crippen LogP contribution in [0.25, 0.3) is 0 Å². The average Bonchev–Trinajstić information content (AvgIpc) is 2.45. The summed E-state index contributed by atoms with van der Waals surface area (Å²) >= 11 is 0. The number of amides is 1. The number of aryl methyl sites for hydroxylation is 1. The van der Waals surface area contributed by atoms with Crippen molar-refractivity contribution in [2.45, 2.75) is 26.7 Å². The van der Waals surface area contributed by atoms with E-state index in [2.05, 4.69) is 15.3 Å². The van der Waals surface area contributed by atoms with Gasteiger partial charge in [-0.05, 0) is 25.7 Å². The van der Waals surface area contributed by atoms with E-state index in [4.69, 9.17) is 4.74 Å². The predicted octanol–water partition coefficient (Wildman–Crippen LogP) is 1.46. The zero-order chi connectivity index (χ0) is 14.5. The molecule has 0 aliphatic carbocycles. The molecule has 0 radical (unpaired) electrons. The Morgan fingerprint density at radius 2 is 2.15 bits per heavy atom. The average molecular weight is 278 g/mol. The summed E-state index contributed by atoms with van der Waals surface area (Å²) in [6, 6.07) is 1.80. The fourth-order valence-electron chi connectivity index (χ4n) is 2.41. The molecule has 0 aromatic carbocycles. The molecule has 1 N–H and O–H groups in total. The summed E-state index contributed by atoms with van der Waals surface area (Å²) in [6.45, 7) is 6.07. The molecule has 0 unspecified atom stereocenters. The van der Waals surface area contributed by atoms with Gasteiger partial charge in [0.2, 0.25) is 17.7 Å². The molecule has 0 bridgehead atoms. The van der Waals surface area contributed by atoms with E-state index in [1.54, 1.807) is 20.1 Å². The van der Waals surface area contributed by atoms with Crippen molar-refractivity contribution >= 4 is 11.9 Å². The molecule has 0 saturated carbocycles. The van der Waals surface area contributed by atoms with Gasteiger partial charge in [0.15, 0.2) is 0 Å². The number of carbonyl (C=O) groups excluding carboxylic acids is 1. The third kappa shape index (κ3) is 3.82. The van der Waals surface area contributed by atoms with Gasteiger partial charge in [-0.25, -0.2) is 4.98 Å². The highest BCUT2D eigenvalue weighted by Gasteiger charge is 2.20. The molecule has 110 valence electrons. The zero-order valence-electron chi connectivity index (χ0n) is 12.3. The van der Waals surface area contributed by atoms with Crippen LogP contribution in [-0.2, 0) is 4.79 Å². The number of carbonyl (C=O) groups is 1. The van der Waals surface area contributed by atoms with Gasteiger partial charge >= 0.3 is 0 Å². The van der Waals surface area contributed by atoms with E-state index in [1.165, 1.54) is 0 Å². The number of methoxy groups -OCH3 is 1. The summed E-state index contributed by atoms with van der Waals surface area (Å²) in [6.07, 6.45) is 2.05. The Labute approximate surface area is 119 Å². The van der Waals surface area contributed by atoms with Crippen LogP contribution in [0, 0.1) is 12.8 Å². The quantitative estimate of drug-likeness (QED) is 0.903. The van der Waals surface area contributed by atoms with Crippen LogP contribution in [0.1, 0.15) is 25.5 Å². The van der Waals surface area contributed by atoms with Crippen LogP contribution in [0.3, 0.4) is 0 Å². The minimum Gasteiger partial charge on any atom is -0.481 e. The third-order valence-electron chi connectivity index (χ3n) is 3.65. The standard InChI is InChI=1S/C14H22N4O2/c1-10-8-13(20-3)17-14(16-10)15-9-12-4-6-18(7-5-12)11(2)19/h8,12H,4-7,9H2,1-3H3,(H,15,16,17). The second-order valence-corrected chi connectivity index (χ2v) is 5.21. The molecular formula is C14H22N4O2. The highest BCUT2D eigenvalue weighted by molar-refractivity contribution is 5.73. The van der Waals surface area contributed by atoms with E-state index in [0.29, 0.717) is 17.7 Å². The number of piperidine rings is 1. The molecule has 0 atom stereocenters. The fourth-order valence-corrected chi connectivity index (χ4v) is 2.41. The first kappa shape index (κ1) is 14.6.